The highest BCUT2D eigenvalue weighted by molar-refractivity contribution is 6.61. The van der Waals surface area contributed by atoms with Gasteiger partial charge in [0.2, 0.25) is 0 Å². The van der Waals surface area contributed by atoms with Gasteiger partial charge >= 0.3 is 5.43 Å². The van der Waals surface area contributed by atoms with E-state index in [1.54, 1.807) is 0 Å². The lowest BCUT2D eigenvalue weighted by atomic mass is 10.8. The van der Waals surface area contributed by atoms with Crippen LogP contribution in [0.25, 0.3) is 0 Å². The summed E-state index contributed by atoms with van der Waals surface area (Å²) in [6.07, 6.45) is 0.945. The molecule has 0 saturated heterocycles. The van der Waals surface area contributed by atoms with Crippen molar-refractivity contribution in [1.82, 2.24) is 0 Å². The number of hydrogen-bond donors (Lipinski definition) is 1. The molecule has 0 aromatic rings. The molecule has 0 atom stereocenters. The van der Waals surface area contributed by atoms with Crippen molar-refractivity contribution in [2.24, 2.45) is 0 Å². The summed E-state index contributed by atoms with van der Waals surface area (Å²) in [7, 11) is 0. The van der Waals surface area contributed by atoms with Gasteiger partial charge in [-0.25, -0.2) is 4.79 Å². The van der Waals surface area contributed by atoms with Crippen LogP contribution in [0, 0.1) is 5.41 Å². The van der Waals surface area contributed by atoms with Crippen molar-refractivity contribution in [2.45, 2.75) is 0 Å². The molecule has 0 spiro atoms. The Labute approximate surface area is 45.7 Å². The van der Waals surface area contributed by atoms with E-state index in [2.05, 4.69) is 4.74 Å². The summed E-state index contributed by atoms with van der Waals surface area (Å²) in [6, 6.07) is 0. The number of halogens is 1. The molecule has 0 aliphatic rings. The molecule has 3 nitrogen and oxygen atoms in total. The molecule has 40 valence electrons. The van der Waals surface area contributed by atoms with Gasteiger partial charge < -0.3 is 10.1 Å². The number of carbonyl (C=O) groups excluding carboxylic acids is 1. The molecule has 0 rings (SSSR count). The van der Waals surface area contributed by atoms with E-state index in [0.29, 0.717) is 0 Å². The van der Waals surface area contributed by atoms with Gasteiger partial charge in [-0.05, 0) is 0 Å². The van der Waals surface area contributed by atoms with Gasteiger partial charge in [-0.3, -0.25) is 0 Å². The van der Waals surface area contributed by atoms with Crippen molar-refractivity contribution in [2.75, 3.05) is 6.61 Å². The van der Waals surface area contributed by atoms with Crippen LogP contribution in [0.4, 0.5) is 4.79 Å². The maximum Gasteiger partial charge on any atom is 0.404 e. The Balaban J connectivity index is 2.97. The highest BCUT2D eigenvalue weighted by Crippen LogP contribution is 1.82. The normalized spacial score (nSPS) is 7.57. The fourth-order valence-electron chi connectivity index (χ4n) is 0.107. The molecule has 7 heavy (non-hydrogen) atoms. The maximum atomic E-state index is 9.64. The van der Waals surface area contributed by atoms with Crippen LogP contribution in [0.2, 0.25) is 0 Å². The summed E-state index contributed by atoms with van der Waals surface area (Å²) >= 11 is 4.69. The fraction of sp³-hybridized carbons (Fsp3) is 0.333. The van der Waals surface area contributed by atoms with Crippen LogP contribution in [0.3, 0.4) is 0 Å². The highest BCUT2D eigenvalue weighted by Gasteiger charge is 1.88. The molecule has 0 radical (unpaired) electrons. The minimum atomic E-state index is -0.872. The summed E-state index contributed by atoms with van der Waals surface area (Å²) in [5.41, 5.74) is -0.872. The van der Waals surface area contributed by atoms with Crippen LogP contribution in [-0.4, -0.2) is 18.2 Å². The smallest absolute Gasteiger partial charge is 0.404 e. The number of hydrogen-bond acceptors (Lipinski definition) is 3. The molecule has 0 aromatic carbocycles. The molecule has 0 aliphatic heterocycles. The minimum Gasteiger partial charge on any atom is -0.448 e. The molecule has 0 fully saturated rings. The lowest BCUT2D eigenvalue weighted by molar-refractivity contribution is 0.190. The third kappa shape index (κ3) is 5.43. The van der Waals surface area contributed by atoms with Crippen molar-refractivity contribution in [3.8, 4) is 0 Å². The van der Waals surface area contributed by atoms with E-state index in [-0.39, 0.29) is 6.61 Å². The molecule has 4 heteroatoms. The number of nitrogens with one attached hydrogen (secondary N) is 1. The van der Waals surface area contributed by atoms with E-state index in [9.17, 15) is 4.79 Å². The van der Waals surface area contributed by atoms with Crippen molar-refractivity contribution >= 4 is 23.2 Å². The molecule has 0 bridgehead atoms. The zero-order valence-electron chi connectivity index (χ0n) is 3.48. The van der Waals surface area contributed by atoms with Gasteiger partial charge in [0.15, 0.2) is 0 Å². The molecule has 0 saturated carbocycles. The number of ether oxygens (including phenoxy) is 1. The molecule has 0 amide bonds. The molecular weight excluding hydrogens is 117 g/mol. The van der Waals surface area contributed by atoms with Crippen LogP contribution in [-0.2, 0) is 4.74 Å². The zero-order valence-corrected chi connectivity index (χ0v) is 4.23. The second-order valence-corrected chi connectivity index (χ2v) is 1.06. The van der Waals surface area contributed by atoms with Gasteiger partial charge in [-0.15, -0.1) is 0 Å². The summed E-state index contributed by atoms with van der Waals surface area (Å²) < 4.78 is 4.07. The van der Waals surface area contributed by atoms with Crippen LogP contribution in [0.15, 0.2) is 0 Å². The first-order valence-corrected chi connectivity index (χ1v) is 1.96. The second kappa shape index (κ2) is 3.61. The van der Waals surface area contributed by atoms with E-state index >= 15 is 0 Å². The highest BCUT2D eigenvalue weighted by atomic mass is 35.5. The molecule has 1 N–H and O–H groups in total. The van der Waals surface area contributed by atoms with Crippen molar-refractivity contribution < 1.29 is 9.53 Å². The summed E-state index contributed by atoms with van der Waals surface area (Å²) in [5.74, 6) is 0. The van der Waals surface area contributed by atoms with Crippen molar-refractivity contribution in [3.05, 3.63) is 0 Å². The summed E-state index contributed by atoms with van der Waals surface area (Å²) in [5, 5.41) is 6.34. The Morgan fingerprint density at radius 1 is 2.00 bits per heavy atom. The van der Waals surface area contributed by atoms with E-state index in [1.807, 2.05) is 0 Å². The van der Waals surface area contributed by atoms with Crippen LogP contribution in [0.1, 0.15) is 0 Å². The van der Waals surface area contributed by atoms with Gasteiger partial charge in [-0.1, -0.05) is 0 Å². The molecule has 0 heterocycles. The molecule has 0 aliphatic carbocycles. The molecule has 0 unspecified atom stereocenters. The Morgan fingerprint density at radius 3 is 2.71 bits per heavy atom. The summed E-state index contributed by atoms with van der Waals surface area (Å²) in [6.45, 7) is -0.0394. The quantitative estimate of drug-likeness (QED) is 0.438. The third-order valence-electron chi connectivity index (χ3n) is 0.280. The zero-order chi connectivity index (χ0) is 5.70. The first-order chi connectivity index (χ1) is 3.27. The maximum absolute atomic E-state index is 9.64. The van der Waals surface area contributed by atoms with Gasteiger partial charge in [0.25, 0.3) is 0 Å². The molecular formula is C3H4ClNO2. The van der Waals surface area contributed by atoms with E-state index < -0.39 is 5.43 Å². The van der Waals surface area contributed by atoms with Gasteiger partial charge in [0.05, 0.1) is 0 Å². The Kier molecular flexibility index (Phi) is 3.32. The first-order valence-electron chi connectivity index (χ1n) is 1.58. The fourth-order valence-corrected chi connectivity index (χ4v) is 0.170. The van der Waals surface area contributed by atoms with E-state index in [1.165, 1.54) is 0 Å². The lowest BCUT2D eigenvalue weighted by Gasteiger charge is -1.87. The number of carbonyl (C=O) groups is 1. The Morgan fingerprint density at radius 2 is 2.57 bits per heavy atom. The second-order valence-electron chi connectivity index (χ2n) is 0.753. The van der Waals surface area contributed by atoms with Crippen LogP contribution >= 0.6 is 11.6 Å². The predicted molar refractivity (Wildman–Crippen MR) is 26.0 cm³/mol. The SMILES string of the molecule is N=CCOC(=O)Cl. The van der Waals surface area contributed by atoms with Crippen LogP contribution in [0.5, 0.6) is 0 Å². The van der Waals surface area contributed by atoms with Crippen molar-refractivity contribution in [3.63, 3.8) is 0 Å². The van der Waals surface area contributed by atoms with E-state index in [0.717, 1.165) is 6.21 Å². The largest absolute Gasteiger partial charge is 0.448 e. The van der Waals surface area contributed by atoms with Crippen molar-refractivity contribution in [1.29, 1.82) is 5.41 Å². The van der Waals surface area contributed by atoms with Gasteiger partial charge in [0.1, 0.15) is 6.61 Å². The third-order valence-corrected chi connectivity index (χ3v) is 0.389. The van der Waals surface area contributed by atoms with Gasteiger partial charge in [0, 0.05) is 17.8 Å². The Hall–Kier alpha value is -0.570. The molecule has 0 aromatic heterocycles. The average molecular weight is 122 g/mol. The Bertz CT molecular complexity index is 83.0. The topological polar surface area (TPSA) is 50.1 Å². The average Bonchev–Trinajstić information content (AvgIpc) is 1.61. The van der Waals surface area contributed by atoms with Crippen LogP contribution < -0.4 is 0 Å². The monoisotopic (exact) mass is 121 g/mol. The lowest BCUT2D eigenvalue weighted by Crippen LogP contribution is -1.95. The predicted octanol–water partition coefficient (Wildman–Crippen LogP) is 1.01. The summed E-state index contributed by atoms with van der Waals surface area (Å²) in [4.78, 5) is 9.64. The minimum absolute atomic E-state index is 0.0394. The van der Waals surface area contributed by atoms with E-state index in [4.69, 9.17) is 17.0 Å². The first kappa shape index (κ1) is 6.43. The van der Waals surface area contributed by atoms with Gasteiger partial charge in [-0.2, -0.15) is 0 Å². The standard InChI is InChI=1S/C3H4ClNO2/c4-3(6)7-2-1-5/h1,5H,2H2. The number of rotatable bonds is 2.